The third-order valence-electron chi connectivity index (χ3n) is 7.52. The van der Waals surface area contributed by atoms with Crippen molar-refractivity contribution in [3.05, 3.63) is 145 Å². The van der Waals surface area contributed by atoms with Gasteiger partial charge >= 0.3 is 0 Å². The van der Waals surface area contributed by atoms with Gasteiger partial charge in [-0.1, -0.05) is 48.0 Å². The zero-order chi connectivity index (χ0) is 30.5. The molecule has 0 radical (unpaired) electrons. The van der Waals surface area contributed by atoms with E-state index in [9.17, 15) is 0 Å². The number of rotatable bonds is 9. The lowest BCUT2D eigenvalue weighted by molar-refractivity contribution is 0.413. The molecule has 6 nitrogen and oxygen atoms in total. The number of nitrogens with zero attached hydrogens (tertiary/aromatic N) is 4. The summed E-state index contributed by atoms with van der Waals surface area (Å²) in [5, 5.41) is 0. The lowest BCUT2D eigenvalue weighted by Crippen LogP contribution is -2.11. The summed E-state index contributed by atoms with van der Waals surface area (Å²) in [5.41, 5.74) is 8.66. The molecule has 0 saturated carbocycles. The lowest BCUT2D eigenvalue weighted by atomic mass is 10.0. The molecule has 0 spiro atoms. The zero-order valence-corrected chi connectivity index (χ0v) is 25.3. The van der Waals surface area contributed by atoms with Crippen molar-refractivity contribution < 1.29 is 9.47 Å². The lowest BCUT2D eigenvalue weighted by Gasteiger charge is -2.25. The van der Waals surface area contributed by atoms with Crippen LogP contribution >= 0.6 is 0 Å². The summed E-state index contributed by atoms with van der Waals surface area (Å²) in [5.74, 6) is 3.17. The van der Waals surface area contributed by atoms with Crippen LogP contribution in [-0.2, 0) is 0 Å². The average Bonchev–Trinajstić information content (AvgIpc) is 3.08. The summed E-state index contributed by atoms with van der Waals surface area (Å²) in [6, 6.07) is 41.7. The Morgan fingerprint density at radius 1 is 0.409 bits per heavy atom. The Balaban J connectivity index is 1.31. The quantitative estimate of drug-likeness (QED) is 0.170. The van der Waals surface area contributed by atoms with E-state index >= 15 is 0 Å². The standard InChI is InChI=1S/C38H34N4O2/c1-27-5-12-31(13-6-27)41(37-23-7-28(2)25-39-37)32-14-8-29(9-15-32)30-10-16-33(17-11-30)42(34-18-20-35(43-3)21-19-34)38-24-22-36(44-4)26-40-38/h5-26H,1-4H3. The number of aromatic nitrogens is 2. The fourth-order valence-corrected chi connectivity index (χ4v) is 5.08. The van der Waals surface area contributed by atoms with Crippen molar-refractivity contribution in [1.82, 2.24) is 9.97 Å². The molecule has 0 aliphatic heterocycles. The van der Waals surface area contributed by atoms with Gasteiger partial charge in [0.05, 0.1) is 20.4 Å². The third kappa shape index (κ3) is 6.10. The first kappa shape index (κ1) is 28.5. The molecule has 0 saturated heterocycles. The molecular formula is C38H34N4O2. The molecule has 44 heavy (non-hydrogen) atoms. The highest BCUT2D eigenvalue weighted by molar-refractivity contribution is 5.79. The highest BCUT2D eigenvalue weighted by Crippen LogP contribution is 2.37. The molecule has 6 rings (SSSR count). The number of methoxy groups -OCH3 is 2. The van der Waals surface area contributed by atoms with E-state index in [1.54, 1.807) is 20.4 Å². The van der Waals surface area contributed by atoms with Crippen molar-refractivity contribution in [2.45, 2.75) is 13.8 Å². The first-order valence-corrected chi connectivity index (χ1v) is 14.5. The van der Waals surface area contributed by atoms with E-state index in [0.29, 0.717) is 5.75 Å². The maximum Gasteiger partial charge on any atom is 0.137 e. The minimum atomic E-state index is 0.710. The van der Waals surface area contributed by atoms with Gasteiger partial charge in [0.25, 0.3) is 0 Å². The highest BCUT2D eigenvalue weighted by Gasteiger charge is 2.16. The van der Waals surface area contributed by atoms with Crippen LogP contribution in [0.25, 0.3) is 11.1 Å². The van der Waals surface area contributed by atoms with Crippen molar-refractivity contribution in [3.8, 4) is 22.6 Å². The van der Waals surface area contributed by atoms with E-state index in [4.69, 9.17) is 14.5 Å². The molecule has 0 N–H and O–H groups in total. The Kier molecular flexibility index (Phi) is 8.23. The number of hydrogen-bond acceptors (Lipinski definition) is 6. The summed E-state index contributed by atoms with van der Waals surface area (Å²) in [4.78, 5) is 13.7. The van der Waals surface area contributed by atoms with Crippen LogP contribution in [0.4, 0.5) is 34.4 Å². The summed E-state index contributed by atoms with van der Waals surface area (Å²) in [7, 11) is 3.31. The summed E-state index contributed by atoms with van der Waals surface area (Å²) in [6.07, 6.45) is 3.64. The second kappa shape index (κ2) is 12.7. The number of pyridine rings is 2. The summed E-state index contributed by atoms with van der Waals surface area (Å²) < 4.78 is 10.7. The number of anilines is 6. The summed E-state index contributed by atoms with van der Waals surface area (Å²) in [6.45, 7) is 4.15. The molecule has 0 fully saturated rings. The van der Waals surface area contributed by atoms with Gasteiger partial charge in [-0.3, -0.25) is 9.80 Å². The van der Waals surface area contributed by atoms with Crippen LogP contribution in [0.3, 0.4) is 0 Å². The van der Waals surface area contributed by atoms with E-state index < -0.39 is 0 Å². The Hall–Kier alpha value is -5.62. The fraction of sp³-hybridized carbons (Fsp3) is 0.105. The van der Waals surface area contributed by atoms with Gasteiger partial charge in [-0.15, -0.1) is 0 Å². The van der Waals surface area contributed by atoms with Gasteiger partial charge in [0.1, 0.15) is 23.1 Å². The molecule has 0 atom stereocenters. The van der Waals surface area contributed by atoms with Crippen molar-refractivity contribution >= 4 is 34.4 Å². The Labute approximate surface area is 258 Å². The van der Waals surface area contributed by atoms with Crippen LogP contribution in [0.5, 0.6) is 11.5 Å². The van der Waals surface area contributed by atoms with Crippen molar-refractivity contribution in [2.75, 3.05) is 24.0 Å². The molecule has 0 aliphatic rings. The average molecular weight is 579 g/mol. The first-order valence-electron chi connectivity index (χ1n) is 14.5. The molecule has 0 unspecified atom stereocenters. The van der Waals surface area contributed by atoms with Crippen LogP contribution in [0, 0.1) is 13.8 Å². The van der Waals surface area contributed by atoms with Gasteiger partial charge in [-0.2, -0.15) is 0 Å². The SMILES string of the molecule is COc1ccc(N(c2ccc(-c3ccc(N(c4ccc(C)cc4)c4ccc(C)cn4)cc3)cc2)c2ccc(OC)cn2)cc1. The van der Waals surface area contributed by atoms with Crippen LogP contribution in [-0.4, -0.2) is 24.2 Å². The van der Waals surface area contributed by atoms with Gasteiger partial charge in [0.15, 0.2) is 0 Å². The summed E-state index contributed by atoms with van der Waals surface area (Å²) >= 11 is 0. The van der Waals surface area contributed by atoms with E-state index in [1.165, 1.54) is 5.56 Å². The molecule has 2 aromatic heterocycles. The van der Waals surface area contributed by atoms with Crippen LogP contribution in [0.1, 0.15) is 11.1 Å². The third-order valence-corrected chi connectivity index (χ3v) is 7.52. The van der Waals surface area contributed by atoms with E-state index in [0.717, 1.165) is 56.8 Å². The van der Waals surface area contributed by atoms with Crippen LogP contribution < -0.4 is 19.3 Å². The van der Waals surface area contributed by atoms with Crippen molar-refractivity contribution in [2.24, 2.45) is 0 Å². The second-order valence-corrected chi connectivity index (χ2v) is 10.5. The minimum Gasteiger partial charge on any atom is -0.497 e. The number of aryl methyl sites for hydroxylation is 2. The molecule has 0 aliphatic carbocycles. The van der Waals surface area contributed by atoms with Crippen LogP contribution in [0.2, 0.25) is 0 Å². The smallest absolute Gasteiger partial charge is 0.137 e. The maximum atomic E-state index is 5.38. The molecule has 218 valence electrons. The van der Waals surface area contributed by atoms with E-state index in [2.05, 4.69) is 114 Å². The van der Waals surface area contributed by atoms with Crippen molar-refractivity contribution in [3.63, 3.8) is 0 Å². The molecule has 2 heterocycles. The second-order valence-electron chi connectivity index (χ2n) is 10.5. The van der Waals surface area contributed by atoms with Gasteiger partial charge in [-0.05, 0) is 109 Å². The zero-order valence-electron chi connectivity index (χ0n) is 25.3. The molecule has 4 aromatic carbocycles. The monoisotopic (exact) mass is 578 g/mol. The van der Waals surface area contributed by atoms with E-state index in [1.807, 2.05) is 42.6 Å². The number of benzene rings is 4. The Bertz CT molecular complexity index is 1710. The molecular weight excluding hydrogens is 544 g/mol. The molecule has 0 amide bonds. The maximum absolute atomic E-state index is 5.38. The first-order chi connectivity index (χ1) is 21.5. The predicted molar refractivity (Wildman–Crippen MR) is 179 cm³/mol. The normalized spacial score (nSPS) is 10.7. The van der Waals surface area contributed by atoms with Gasteiger partial charge < -0.3 is 9.47 Å². The Morgan fingerprint density at radius 2 is 0.795 bits per heavy atom. The Morgan fingerprint density at radius 3 is 1.20 bits per heavy atom. The highest BCUT2D eigenvalue weighted by atomic mass is 16.5. The van der Waals surface area contributed by atoms with E-state index in [-0.39, 0.29) is 0 Å². The number of hydrogen-bond donors (Lipinski definition) is 0. The van der Waals surface area contributed by atoms with Crippen molar-refractivity contribution in [1.29, 1.82) is 0 Å². The topological polar surface area (TPSA) is 50.7 Å². The minimum absolute atomic E-state index is 0.710. The number of ether oxygens (including phenoxy) is 2. The van der Waals surface area contributed by atoms with Gasteiger partial charge in [-0.25, -0.2) is 9.97 Å². The predicted octanol–water partition coefficient (Wildman–Crippen LogP) is 9.72. The molecule has 0 bridgehead atoms. The van der Waals surface area contributed by atoms with Gasteiger partial charge in [0, 0.05) is 28.9 Å². The van der Waals surface area contributed by atoms with Gasteiger partial charge in [0.2, 0.25) is 0 Å². The van der Waals surface area contributed by atoms with Crippen LogP contribution in [0.15, 0.2) is 134 Å². The molecule has 6 aromatic rings. The molecule has 6 heteroatoms. The largest absolute Gasteiger partial charge is 0.497 e. The fourth-order valence-electron chi connectivity index (χ4n) is 5.08.